The molecule has 9 nitrogen and oxygen atoms in total. The van der Waals surface area contributed by atoms with E-state index in [1.54, 1.807) is 24.3 Å². The average Bonchev–Trinajstić information content (AvgIpc) is 2.96. The lowest BCUT2D eigenvalue weighted by molar-refractivity contribution is -0.384. The van der Waals surface area contributed by atoms with Crippen LogP contribution < -0.4 is 10.6 Å². The summed E-state index contributed by atoms with van der Waals surface area (Å²) in [5.41, 5.74) is -0.319. The van der Waals surface area contributed by atoms with E-state index in [2.05, 4.69) is 10.6 Å². The number of imide groups is 1. The summed E-state index contributed by atoms with van der Waals surface area (Å²) in [6, 6.07) is 11.4. The molecule has 2 N–H and O–H groups in total. The van der Waals surface area contributed by atoms with Crippen LogP contribution in [0.4, 0.5) is 10.5 Å². The van der Waals surface area contributed by atoms with Gasteiger partial charge >= 0.3 is 6.03 Å². The Morgan fingerprint density at radius 1 is 1.19 bits per heavy atom. The van der Waals surface area contributed by atoms with Gasteiger partial charge < -0.3 is 10.6 Å². The first-order valence-electron chi connectivity index (χ1n) is 9.59. The molecule has 162 valence electrons. The molecule has 1 fully saturated rings. The predicted octanol–water partition coefficient (Wildman–Crippen LogP) is 3.28. The quantitative estimate of drug-likeness (QED) is 0.385. The number of hydrogen-bond donors (Lipinski definition) is 2. The first kappa shape index (κ1) is 22.2. The minimum absolute atomic E-state index is 0.131. The average molecular weight is 445 g/mol. The second-order valence-electron chi connectivity index (χ2n) is 7.33. The van der Waals surface area contributed by atoms with Crippen molar-refractivity contribution in [3.63, 3.8) is 0 Å². The fourth-order valence-electron chi connectivity index (χ4n) is 3.45. The van der Waals surface area contributed by atoms with Crippen molar-refractivity contribution >= 4 is 35.1 Å². The third-order valence-corrected chi connectivity index (χ3v) is 5.50. The molecule has 31 heavy (non-hydrogen) atoms. The highest BCUT2D eigenvalue weighted by Crippen LogP contribution is 2.30. The smallest absolute Gasteiger partial charge is 0.325 e. The van der Waals surface area contributed by atoms with Gasteiger partial charge in [0.25, 0.3) is 11.6 Å². The van der Waals surface area contributed by atoms with E-state index in [4.69, 9.17) is 11.6 Å². The van der Waals surface area contributed by atoms with Gasteiger partial charge in [0.05, 0.1) is 11.0 Å². The molecule has 1 aliphatic rings. The molecule has 0 radical (unpaired) electrons. The van der Waals surface area contributed by atoms with Crippen LogP contribution in [0.1, 0.15) is 37.4 Å². The summed E-state index contributed by atoms with van der Waals surface area (Å²) in [4.78, 5) is 49.1. The molecule has 1 saturated heterocycles. The third-order valence-electron chi connectivity index (χ3n) is 5.25. The zero-order valence-corrected chi connectivity index (χ0v) is 17.7. The van der Waals surface area contributed by atoms with Gasteiger partial charge in [-0.15, -0.1) is 0 Å². The predicted molar refractivity (Wildman–Crippen MR) is 113 cm³/mol. The molecule has 0 spiro atoms. The highest BCUT2D eigenvalue weighted by atomic mass is 35.5. The Hall–Kier alpha value is -3.46. The molecule has 0 saturated carbocycles. The van der Waals surface area contributed by atoms with Gasteiger partial charge in [-0.2, -0.15) is 0 Å². The number of benzene rings is 2. The molecule has 0 aromatic heterocycles. The van der Waals surface area contributed by atoms with Gasteiger partial charge in [-0.3, -0.25) is 24.6 Å². The van der Waals surface area contributed by atoms with Crippen LogP contribution in [0.2, 0.25) is 5.02 Å². The number of halogens is 1. The molecule has 2 aromatic carbocycles. The van der Waals surface area contributed by atoms with Gasteiger partial charge in [-0.05, 0) is 48.7 Å². The second-order valence-corrected chi connectivity index (χ2v) is 7.77. The van der Waals surface area contributed by atoms with Crippen LogP contribution in [0, 0.1) is 10.1 Å². The Bertz CT molecular complexity index is 1030. The fourth-order valence-corrected chi connectivity index (χ4v) is 3.58. The lowest BCUT2D eigenvalue weighted by Crippen LogP contribution is -2.43. The highest BCUT2D eigenvalue weighted by Gasteiger charge is 2.49. The van der Waals surface area contributed by atoms with Gasteiger partial charge in [0.15, 0.2) is 0 Å². The number of nitrogens with zero attached hydrogens (tertiary/aromatic N) is 2. The Morgan fingerprint density at radius 3 is 2.35 bits per heavy atom. The van der Waals surface area contributed by atoms with Gasteiger partial charge in [0.1, 0.15) is 12.1 Å². The standard InChI is InChI=1S/C21H21ClN4O5/c1-3-17(13-4-8-15(22)9-5-13)23-18(27)12-25-19(28)21(2,24-20(25)29)14-6-10-16(11-7-14)26(30)31/h4-11,17H,3,12H2,1-2H3,(H,23,27)(H,24,29). The number of nitro groups is 1. The largest absolute Gasteiger partial charge is 0.348 e. The molecule has 2 unspecified atom stereocenters. The Balaban J connectivity index is 1.72. The van der Waals surface area contributed by atoms with Crippen molar-refractivity contribution in [2.24, 2.45) is 0 Å². The van der Waals surface area contributed by atoms with Crippen molar-refractivity contribution in [2.75, 3.05) is 6.54 Å². The molecule has 1 heterocycles. The normalized spacial score (nSPS) is 19.1. The molecule has 2 atom stereocenters. The molecule has 3 rings (SSSR count). The van der Waals surface area contributed by atoms with E-state index in [-0.39, 0.29) is 11.7 Å². The molecule has 10 heteroatoms. The van der Waals surface area contributed by atoms with E-state index in [1.807, 2.05) is 6.92 Å². The van der Waals surface area contributed by atoms with E-state index in [0.717, 1.165) is 10.5 Å². The van der Waals surface area contributed by atoms with Crippen LogP contribution in [0.15, 0.2) is 48.5 Å². The number of nitrogens with one attached hydrogen (secondary N) is 2. The van der Waals surface area contributed by atoms with Crippen molar-refractivity contribution in [1.82, 2.24) is 15.5 Å². The molecule has 0 aliphatic carbocycles. The molecular formula is C21H21ClN4O5. The van der Waals surface area contributed by atoms with Gasteiger partial charge in [-0.25, -0.2) is 4.79 Å². The Kier molecular flexibility index (Phi) is 6.26. The minimum atomic E-state index is -1.42. The van der Waals surface area contributed by atoms with Crippen molar-refractivity contribution in [2.45, 2.75) is 31.8 Å². The highest BCUT2D eigenvalue weighted by molar-refractivity contribution is 6.30. The number of hydrogen-bond acceptors (Lipinski definition) is 5. The molecule has 4 amide bonds. The Labute approximate surface area is 183 Å². The van der Waals surface area contributed by atoms with Crippen molar-refractivity contribution in [3.8, 4) is 0 Å². The van der Waals surface area contributed by atoms with Crippen LogP contribution in [0.5, 0.6) is 0 Å². The topological polar surface area (TPSA) is 122 Å². The summed E-state index contributed by atoms with van der Waals surface area (Å²) in [6.45, 7) is 2.95. The van der Waals surface area contributed by atoms with E-state index >= 15 is 0 Å². The first-order valence-corrected chi connectivity index (χ1v) is 9.97. The molecular weight excluding hydrogens is 424 g/mol. The number of amides is 4. The summed E-state index contributed by atoms with van der Waals surface area (Å²) in [6.07, 6.45) is 0.605. The second kappa shape index (κ2) is 8.73. The molecule has 0 bridgehead atoms. The van der Waals surface area contributed by atoms with Gasteiger partial charge in [-0.1, -0.05) is 30.7 Å². The van der Waals surface area contributed by atoms with Crippen LogP contribution in [-0.4, -0.2) is 34.2 Å². The van der Waals surface area contributed by atoms with Crippen molar-refractivity contribution < 1.29 is 19.3 Å². The minimum Gasteiger partial charge on any atom is -0.348 e. The molecule has 1 aliphatic heterocycles. The van der Waals surface area contributed by atoms with Crippen LogP contribution in [0.25, 0.3) is 0 Å². The number of urea groups is 1. The fraction of sp³-hybridized carbons (Fsp3) is 0.286. The summed E-state index contributed by atoms with van der Waals surface area (Å²) >= 11 is 5.90. The lowest BCUT2D eigenvalue weighted by Gasteiger charge is -2.22. The number of carbonyl (C=O) groups is 3. The van der Waals surface area contributed by atoms with E-state index in [9.17, 15) is 24.5 Å². The maximum atomic E-state index is 13.0. The zero-order chi connectivity index (χ0) is 22.8. The number of non-ortho nitro benzene ring substituents is 1. The molecule has 2 aromatic rings. The maximum absolute atomic E-state index is 13.0. The van der Waals surface area contributed by atoms with Crippen LogP contribution in [0.3, 0.4) is 0 Å². The SMILES string of the molecule is CCC(NC(=O)CN1C(=O)NC(C)(c2ccc([N+](=O)[O-])cc2)C1=O)c1ccc(Cl)cc1. The van der Waals surface area contributed by atoms with E-state index in [1.165, 1.54) is 31.2 Å². The summed E-state index contributed by atoms with van der Waals surface area (Å²) in [7, 11) is 0. The summed E-state index contributed by atoms with van der Waals surface area (Å²) in [5.74, 6) is -1.10. The summed E-state index contributed by atoms with van der Waals surface area (Å²) in [5, 5.41) is 16.8. The third kappa shape index (κ3) is 4.51. The number of rotatable bonds is 7. The van der Waals surface area contributed by atoms with Crippen LogP contribution in [-0.2, 0) is 15.1 Å². The van der Waals surface area contributed by atoms with E-state index in [0.29, 0.717) is 17.0 Å². The van der Waals surface area contributed by atoms with Crippen molar-refractivity contribution in [1.29, 1.82) is 0 Å². The lowest BCUT2D eigenvalue weighted by atomic mass is 9.92. The monoisotopic (exact) mass is 444 g/mol. The van der Waals surface area contributed by atoms with Crippen molar-refractivity contribution in [3.05, 3.63) is 74.8 Å². The first-order chi connectivity index (χ1) is 14.7. The Morgan fingerprint density at radius 2 is 1.81 bits per heavy atom. The zero-order valence-electron chi connectivity index (χ0n) is 16.9. The van der Waals surface area contributed by atoms with E-state index < -0.39 is 34.9 Å². The maximum Gasteiger partial charge on any atom is 0.325 e. The van der Waals surface area contributed by atoms with Gasteiger partial charge in [0.2, 0.25) is 5.91 Å². The van der Waals surface area contributed by atoms with Gasteiger partial charge in [0, 0.05) is 17.2 Å². The number of nitro benzene ring substituents is 1. The summed E-state index contributed by atoms with van der Waals surface area (Å²) < 4.78 is 0. The van der Waals surface area contributed by atoms with Crippen LogP contribution >= 0.6 is 11.6 Å². The number of carbonyl (C=O) groups excluding carboxylic acids is 3.